The van der Waals surface area contributed by atoms with E-state index in [9.17, 15) is 30.7 Å². The predicted molar refractivity (Wildman–Crippen MR) is 94.8 cm³/mol. The summed E-state index contributed by atoms with van der Waals surface area (Å²) in [7, 11) is 0. The van der Waals surface area contributed by atoms with Crippen LogP contribution in [-0.4, -0.2) is 21.9 Å². The van der Waals surface area contributed by atoms with Crippen molar-refractivity contribution in [2.45, 2.75) is 106 Å². The maximum atomic E-state index is 13.6. The Balaban J connectivity index is 3.98. The summed E-state index contributed by atoms with van der Waals surface area (Å²) in [6.45, 7) is 2.15. The van der Waals surface area contributed by atoms with Gasteiger partial charge in [0, 0.05) is 10.3 Å². The number of rotatable bonds is 13. The molecule has 0 aliphatic heterocycles. The third kappa shape index (κ3) is 9.65. The van der Waals surface area contributed by atoms with E-state index in [1.54, 1.807) is 0 Å². The molecule has 152 valence electrons. The van der Waals surface area contributed by atoms with Crippen molar-refractivity contribution in [1.82, 2.24) is 0 Å². The van der Waals surface area contributed by atoms with Crippen LogP contribution in [0.3, 0.4) is 0 Å². The largest absolute Gasteiger partial charge is 0.431 e. The number of hydrogen-bond acceptors (Lipinski definition) is 0. The van der Waals surface area contributed by atoms with Crippen molar-refractivity contribution in [1.29, 1.82) is 0 Å². The van der Waals surface area contributed by atoms with E-state index in [0.717, 1.165) is 32.1 Å². The van der Waals surface area contributed by atoms with E-state index in [1.807, 2.05) is 0 Å². The predicted octanol–water partition coefficient (Wildman–Crippen LogP) is 8.32. The molecule has 0 radical (unpaired) electrons. The van der Waals surface area contributed by atoms with E-state index < -0.39 is 28.4 Å². The lowest BCUT2D eigenvalue weighted by Crippen LogP contribution is -2.54. The molecule has 0 aromatic rings. The van der Waals surface area contributed by atoms with Gasteiger partial charge in [-0.15, -0.1) is 0 Å². The zero-order chi connectivity index (χ0) is 19.6. The highest BCUT2D eigenvalue weighted by Crippen LogP contribution is 2.50. The minimum absolute atomic E-state index is 0.162. The minimum atomic E-state index is -5.94. The van der Waals surface area contributed by atoms with Gasteiger partial charge in [-0.3, -0.25) is 0 Å². The van der Waals surface area contributed by atoms with E-state index in [-0.39, 0.29) is 6.42 Å². The Morgan fingerprint density at radius 3 is 1.36 bits per heavy atom. The van der Waals surface area contributed by atoms with Crippen LogP contribution in [0, 0.1) is 0 Å². The van der Waals surface area contributed by atoms with Gasteiger partial charge >= 0.3 is 12.4 Å². The number of halogens is 8. The molecule has 0 bridgehead atoms. The molecule has 0 nitrogen and oxygen atoms in total. The van der Waals surface area contributed by atoms with Crippen molar-refractivity contribution in [3.8, 4) is 0 Å². The molecule has 1 unspecified atom stereocenters. The third-order valence-corrected chi connectivity index (χ3v) is 5.34. The summed E-state index contributed by atoms with van der Waals surface area (Å²) >= 11 is 1.49. The van der Waals surface area contributed by atoms with Gasteiger partial charge in [0.2, 0.25) is 0 Å². The summed E-state index contributed by atoms with van der Waals surface area (Å²) in [5, 5.41) is 0. The Morgan fingerprint density at radius 1 is 0.640 bits per heavy atom. The van der Waals surface area contributed by atoms with Crippen LogP contribution in [-0.2, 0) is 0 Å². The van der Waals surface area contributed by atoms with Crippen LogP contribution in [0.25, 0.3) is 0 Å². The monoisotopic (exact) mass is 492 g/mol. The Labute approximate surface area is 159 Å². The quantitative estimate of drug-likeness (QED) is 0.105. The van der Waals surface area contributed by atoms with Crippen LogP contribution < -0.4 is 0 Å². The zero-order valence-corrected chi connectivity index (χ0v) is 16.7. The first-order valence-electron chi connectivity index (χ1n) is 8.92. The SMILES string of the molecule is CCCCCCCCCCCCC(I)CC(F)(C(F)(F)F)C(F)(F)F. The zero-order valence-electron chi connectivity index (χ0n) is 14.6. The molecule has 0 fully saturated rings. The van der Waals surface area contributed by atoms with Crippen molar-refractivity contribution in [3.63, 3.8) is 0 Å². The van der Waals surface area contributed by atoms with Gasteiger partial charge in [-0.2, -0.15) is 26.3 Å². The van der Waals surface area contributed by atoms with E-state index in [1.165, 1.54) is 48.3 Å². The van der Waals surface area contributed by atoms with Crippen molar-refractivity contribution >= 4 is 22.6 Å². The maximum Gasteiger partial charge on any atom is 0.431 e. The van der Waals surface area contributed by atoms with Gasteiger partial charge in [0.05, 0.1) is 0 Å². The van der Waals surface area contributed by atoms with Crippen LogP contribution in [0.15, 0.2) is 0 Å². The molecule has 25 heavy (non-hydrogen) atoms. The molecule has 0 saturated carbocycles. The van der Waals surface area contributed by atoms with E-state index in [4.69, 9.17) is 0 Å². The van der Waals surface area contributed by atoms with Crippen LogP contribution >= 0.6 is 22.6 Å². The fourth-order valence-electron chi connectivity index (χ4n) is 2.65. The van der Waals surface area contributed by atoms with Crippen LogP contribution in [0.4, 0.5) is 30.7 Å². The molecule has 8 heteroatoms. The summed E-state index contributed by atoms with van der Waals surface area (Å²) in [6, 6.07) is 0. The van der Waals surface area contributed by atoms with Crippen molar-refractivity contribution < 1.29 is 30.7 Å². The molecule has 0 saturated heterocycles. The number of hydrogen-bond donors (Lipinski definition) is 0. The molecule has 0 rings (SSSR count). The van der Waals surface area contributed by atoms with E-state index in [2.05, 4.69) is 6.92 Å². The highest BCUT2D eigenvalue weighted by Gasteiger charge is 2.72. The Kier molecular flexibility index (Phi) is 12.0. The minimum Gasteiger partial charge on any atom is -0.224 e. The molecule has 0 amide bonds. The standard InChI is InChI=1S/C17H28F7I/c1-2-3-4-5-6-7-8-9-10-11-12-14(25)13-15(18,16(19,20)21)17(22,23)24/h14H,2-13H2,1H3. The summed E-state index contributed by atoms with van der Waals surface area (Å²) in [5.74, 6) is 0. The molecular weight excluding hydrogens is 464 g/mol. The molecule has 0 aliphatic carbocycles. The highest BCUT2D eigenvalue weighted by atomic mass is 127. The lowest BCUT2D eigenvalue weighted by Gasteiger charge is -2.31. The van der Waals surface area contributed by atoms with Gasteiger partial charge in [0.1, 0.15) is 0 Å². The van der Waals surface area contributed by atoms with E-state index in [0.29, 0.717) is 6.42 Å². The second kappa shape index (κ2) is 11.8. The first kappa shape index (κ1) is 25.2. The summed E-state index contributed by atoms with van der Waals surface area (Å²) in [5.41, 5.74) is -5.12. The van der Waals surface area contributed by atoms with Gasteiger partial charge in [0.15, 0.2) is 0 Å². The van der Waals surface area contributed by atoms with E-state index >= 15 is 0 Å². The Hall–Kier alpha value is 0.240. The Bertz CT molecular complexity index is 325. The summed E-state index contributed by atoms with van der Waals surface area (Å²) in [4.78, 5) is 0. The lowest BCUT2D eigenvalue weighted by molar-refractivity contribution is -0.342. The average molecular weight is 492 g/mol. The first-order valence-corrected chi connectivity index (χ1v) is 10.2. The van der Waals surface area contributed by atoms with Crippen LogP contribution in [0.1, 0.15) is 84.0 Å². The van der Waals surface area contributed by atoms with Crippen molar-refractivity contribution in [2.24, 2.45) is 0 Å². The number of alkyl halides is 8. The van der Waals surface area contributed by atoms with Gasteiger partial charge in [-0.25, -0.2) is 4.39 Å². The first-order chi connectivity index (χ1) is 11.5. The fourth-order valence-corrected chi connectivity index (χ4v) is 3.70. The highest BCUT2D eigenvalue weighted by molar-refractivity contribution is 14.1. The molecule has 0 spiro atoms. The lowest BCUT2D eigenvalue weighted by atomic mass is 9.95. The Morgan fingerprint density at radius 2 is 1.00 bits per heavy atom. The van der Waals surface area contributed by atoms with Gasteiger partial charge in [-0.05, 0) is 6.42 Å². The van der Waals surface area contributed by atoms with Gasteiger partial charge in [0.25, 0.3) is 5.67 Å². The average Bonchev–Trinajstić information content (AvgIpc) is 2.46. The maximum absolute atomic E-state index is 13.6. The van der Waals surface area contributed by atoms with Gasteiger partial charge in [-0.1, -0.05) is 93.7 Å². The summed E-state index contributed by atoms with van der Waals surface area (Å²) in [6.07, 6.45) is -2.93. The second-order valence-corrected chi connectivity index (χ2v) is 8.33. The molecule has 0 aliphatic rings. The van der Waals surface area contributed by atoms with Crippen LogP contribution in [0.2, 0.25) is 0 Å². The second-order valence-electron chi connectivity index (χ2n) is 6.57. The van der Waals surface area contributed by atoms with Gasteiger partial charge < -0.3 is 0 Å². The molecule has 1 atom stereocenters. The van der Waals surface area contributed by atoms with Crippen molar-refractivity contribution in [2.75, 3.05) is 0 Å². The molecule has 0 aromatic carbocycles. The summed E-state index contributed by atoms with van der Waals surface area (Å²) < 4.78 is 87.6. The molecule has 0 heterocycles. The normalized spacial score (nSPS) is 14.8. The smallest absolute Gasteiger partial charge is 0.224 e. The topological polar surface area (TPSA) is 0 Å². The number of unbranched alkanes of at least 4 members (excludes halogenated alkanes) is 9. The molecule has 0 aromatic heterocycles. The third-order valence-electron chi connectivity index (χ3n) is 4.27. The fraction of sp³-hybridized carbons (Fsp3) is 1.00. The van der Waals surface area contributed by atoms with Crippen molar-refractivity contribution in [3.05, 3.63) is 0 Å². The molecule has 0 N–H and O–H groups in total. The van der Waals surface area contributed by atoms with Crippen LogP contribution in [0.5, 0.6) is 0 Å². The molecular formula is C17H28F7I.